The van der Waals surface area contributed by atoms with Crippen molar-refractivity contribution in [3.8, 4) is 0 Å². The maximum absolute atomic E-state index is 4.44. The average Bonchev–Trinajstić information content (AvgIpc) is 3.22. The number of thioether (sulfide) groups is 1. The molecule has 1 aliphatic rings. The molecule has 3 rings (SSSR count). The van der Waals surface area contributed by atoms with Crippen molar-refractivity contribution in [1.82, 2.24) is 4.98 Å². The third-order valence-corrected chi connectivity index (χ3v) is 4.06. The number of benzene rings is 1. The average molecular weight is 241 g/mol. The summed E-state index contributed by atoms with van der Waals surface area (Å²) in [5, 5.41) is 0. The van der Waals surface area contributed by atoms with Gasteiger partial charge in [-0.15, -0.1) is 11.8 Å². The van der Waals surface area contributed by atoms with Crippen molar-refractivity contribution in [3.63, 3.8) is 0 Å². The van der Waals surface area contributed by atoms with Crippen molar-refractivity contribution < 1.29 is 0 Å². The van der Waals surface area contributed by atoms with E-state index in [2.05, 4.69) is 47.4 Å². The summed E-state index contributed by atoms with van der Waals surface area (Å²) < 4.78 is 0. The minimum absolute atomic E-state index is 0.743. The lowest BCUT2D eigenvalue weighted by Gasteiger charge is -2.03. The first-order valence-corrected chi connectivity index (χ1v) is 7.03. The van der Waals surface area contributed by atoms with E-state index in [0.29, 0.717) is 0 Å². The van der Waals surface area contributed by atoms with E-state index in [1.807, 2.05) is 18.0 Å². The smallest absolute Gasteiger partial charge is 0.0445 e. The van der Waals surface area contributed by atoms with Crippen LogP contribution in [0.25, 0.3) is 0 Å². The molecule has 0 spiro atoms. The first-order valence-electron chi connectivity index (χ1n) is 6.04. The zero-order chi connectivity index (χ0) is 11.5. The van der Waals surface area contributed by atoms with Gasteiger partial charge in [0, 0.05) is 28.5 Å². The second-order valence-corrected chi connectivity index (χ2v) is 5.51. The minimum Gasteiger partial charge on any atom is -0.261 e. The highest BCUT2D eigenvalue weighted by atomic mass is 32.2. The van der Waals surface area contributed by atoms with Crippen LogP contribution in [0.3, 0.4) is 0 Å². The van der Waals surface area contributed by atoms with Gasteiger partial charge in [0.25, 0.3) is 0 Å². The number of hydrogen-bond donors (Lipinski definition) is 0. The lowest BCUT2D eigenvalue weighted by atomic mass is 10.2. The SMILES string of the molecule is c1ccc(CSc2ccnc(C3CC3)c2)cc1. The van der Waals surface area contributed by atoms with Gasteiger partial charge in [0.05, 0.1) is 0 Å². The van der Waals surface area contributed by atoms with Crippen LogP contribution >= 0.6 is 11.8 Å². The van der Waals surface area contributed by atoms with Crippen molar-refractivity contribution >= 4 is 11.8 Å². The third-order valence-electron chi connectivity index (χ3n) is 3.00. The molecule has 0 N–H and O–H groups in total. The van der Waals surface area contributed by atoms with E-state index < -0.39 is 0 Å². The van der Waals surface area contributed by atoms with Gasteiger partial charge in [-0.3, -0.25) is 4.98 Å². The fourth-order valence-electron chi connectivity index (χ4n) is 1.86. The molecule has 0 atom stereocenters. The lowest BCUT2D eigenvalue weighted by molar-refractivity contribution is 1.00. The van der Waals surface area contributed by atoms with Crippen LogP contribution in [0.5, 0.6) is 0 Å². The molecular weight excluding hydrogens is 226 g/mol. The summed E-state index contributed by atoms with van der Waals surface area (Å²) in [5.74, 6) is 1.78. The predicted molar refractivity (Wildman–Crippen MR) is 72.2 cm³/mol. The van der Waals surface area contributed by atoms with Gasteiger partial charge < -0.3 is 0 Å². The predicted octanol–water partition coefficient (Wildman–Crippen LogP) is 4.25. The van der Waals surface area contributed by atoms with Crippen molar-refractivity contribution in [1.29, 1.82) is 0 Å². The highest BCUT2D eigenvalue weighted by Crippen LogP contribution is 2.39. The maximum Gasteiger partial charge on any atom is 0.0445 e. The van der Waals surface area contributed by atoms with Crippen LogP contribution in [0, 0.1) is 0 Å². The van der Waals surface area contributed by atoms with Crippen molar-refractivity contribution in [2.75, 3.05) is 0 Å². The molecule has 1 aliphatic carbocycles. The van der Waals surface area contributed by atoms with E-state index in [9.17, 15) is 0 Å². The molecule has 1 aromatic heterocycles. The lowest BCUT2D eigenvalue weighted by Crippen LogP contribution is -1.86. The van der Waals surface area contributed by atoms with E-state index in [4.69, 9.17) is 0 Å². The zero-order valence-corrected chi connectivity index (χ0v) is 10.5. The Hall–Kier alpha value is -1.28. The Balaban J connectivity index is 1.66. The molecule has 2 heteroatoms. The van der Waals surface area contributed by atoms with Crippen LogP contribution in [0.1, 0.15) is 30.0 Å². The first-order chi connectivity index (χ1) is 8.42. The summed E-state index contributed by atoms with van der Waals surface area (Å²) >= 11 is 1.89. The molecule has 0 unspecified atom stereocenters. The summed E-state index contributed by atoms with van der Waals surface area (Å²) in [6.45, 7) is 0. The molecule has 17 heavy (non-hydrogen) atoms. The summed E-state index contributed by atoms with van der Waals surface area (Å²) in [6, 6.07) is 15.0. The van der Waals surface area contributed by atoms with E-state index in [-0.39, 0.29) is 0 Å². The van der Waals surface area contributed by atoms with Gasteiger partial charge in [0.2, 0.25) is 0 Å². The highest BCUT2D eigenvalue weighted by molar-refractivity contribution is 7.98. The Morgan fingerprint density at radius 3 is 2.71 bits per heavy atom. The Kier molecular flexibility index (Phi) is 3.14. The summed E-state index contributed by atoms with van der Waals surface area (Å²) in [4.78, 5) is 5.78. The summed E-state index contributed by atoms with van der Waals surface area (Å²) in [6.07, 6.45) is 4.58. The van der Waals surface area contributed by atoms with Crippen molar-refractivity contribution in [2.45, 2.75) is 29.4 Å². The van der Waals surface area contributed by atoms with E-state index >= 15 is 0 Å². The highest BCUT2D eigenvalue weighted by Gasteiger charge is 2.24. The standard InChI is InChI=1S/C15H15NS/c1-2-4-12(5-3-1)11-17-14-8-9-16-15(10-14)13-6-7-13/h1-5,8-10,13H,6-7,11H2. The molecule has 0 bridgehead atoms. The van der Waals surface area contributed by atoms with E-state index in [1.165, 1.54) is 29.0 Å². The van der Waals surface area contributed by atoms with Crippen LogP contribution in [0.15, 0.2) is 53.6 Å². The van der Waals surface area contributed by atoms with E-state index in [1.54, 1.807) is 0 Å². The van der Waals surface area contributed by atoms with Crippen LogP contribution in [-0.2, 0) is 5.75 Å². The van der Waals surface area contributed by atoms with Gasteiger partial charge in [0.1, 0.15) is 0 Å². The quantitative estimate of drug-likeness (QED) is 0.742. The molecule has 0 aliphatic heterocycles. The Labute approximate surface area is 106 Å². The number of pyridine rings is 1. The third kappa shape index (κ3) is 2.89. The molecule has 1 fully saturated rings. The number of hydrogen-bond acceptors (Lipinski definition) is 2. The number of rotatable bonds is 4. The Morgan fingerprint density at radius 1 is 1.12 bits per heavy atom. The molecular formula is C15H15NS. The van der Waals surface area contributed by atoms with Gasteiger partial charge in [0.15, 0.2) is 0 Å². The molecule has 86 valence electrons. The molecule has 1 aromatic carbocycles. The molecule has 2 aromatic rings. The molecule has 0 amide bonds. The Bertz CT molecular complexity index is 491. The van der Waals surface area contributed by atoms with Gasteiger partial charge in [-0.05, 0) is 30.5 Å². The van der Waals surface area contributed by atoms with Gasteiger partial charge in [-0.25, -0.2) is 0 Å². The largest absolute Gasteiger partial charge is 0.261 e. The molecule has 0 saturated heterocycles. The number of aromatic nitrogens is 1. The van der Waals surface area contributed by atoms with Crippen LogP contribution in [0.4, 0.5) is 0 Å². The molecule has 1 saturated carbocycles. The second kappa shape index (κ2) is 4.92. The van der Waals surface area contributed by atoms with Crippen LogP contribution < -0.4 is 0 Å². The summed E-state index contributed by atoms with van der Waals surface area (Å²) in [5.41, 5.74) is 2.66. The normalized spacial score (nSPS) is 14.8. The monoisotopic (exact) mass is 241 g/mol. The Morgan fingerprint density at radius 2 is 1.94 bits per heavy atom. The van der Waals surface area contributed by atoms with Gasteiger partial charge >= 0.3 is 0 Å². The molecule has 1 heterocycles. The second-order valence-electron chi connectivity index (χ2n) is 4.46. The van der Waals surface area contributed by atoms with Gasteiger partial charge in [-0.1, -0.05) is 30.3 Å². The molecule has 0 radical (unpaired) electrons. The molecule has 1 nitrogen and oxygen atoms in total. The van der Waals surface area contributed by atoms with Crippen LogP contribution in [-0.4, -0.2) is 4.98 Å². The van der Waals surface area contributed by atoms with Crippen LogP contribution in [0.2, 0.25) is 0 Å². The fourth-order valence-corrected chi connectivity index (χ4v) is 2.75. The maximum atomic E-state index is 4.44. The fraction of sp³-hybridized carbons (Fsp3) is 0.267. The number of nitrogens with zero attached hydrogens (tertiary/aromatic N) is 1. The topological polar surface area (TPSA) is 12.9 Å². The van der Waals surface area contributed by atoms with E-state index in [0.717, 1.165) is 11.7 Å². The van der Waals surface area contributed by atoms with Crippen molar-refractivity contribution in [2.24, 2.45) is 0 Å². The zero-order valence-electron chi connectivity index (χ0n) is 9.67. The van der Waals surface area contributed by atoms with Gasteiger partial charge in [-0.2, -0.15) is 0 Å². The first kappa shape index (κ1) is 10.8. The van der Waals surface area contributed by atoms with Crippen molar-refractivity contribution in [3.05, 3.63) is 59.9 Å². The summed E-state index contributed by atoms with van der Waals surface area (Å²) in [7, 11) is 0. The minimum atomic E-state index is 0.743.